The van der Waals surface area contributed by atoms with E-state index in [1.807, 2.05) is 0 Å². The van der Waals surface area contributed by atoms with E-state index in [-0.39, 0.29) is 12.5 Å². The zero-order chi connectivity index (χ0) is 14.5. The molecule has 2 rings (SSSR count). The van der Waals surface area contributed by atoms with Crippen LogP contribution in [-0.2, 0) is 6.61 Å². The zero-order valence-corrected chi connectivity index (χ0v) is 10.8. The summed E-state index contributed by atoms with van der Waals surface area (Å²) in [6, 6.07) is 6.61. The summed E-state index contributed by atoms with van der Waals surface area (Å²) in [5, 5.41) is 12.7. The van der Waals surface area contributed by atoms with Crippen LogP contribution in [0.2, 0.25) is 0 Å². The molecule has 1 heterocycles. The first-order valence-electron chi connectivity index (χ1n) is 5.84. The average Bonchev–Trinajstić information content (AvgIpc) is 2.83. The number of ether oxygens (including phenoxy) is 1. The van der Waals surface area contributed by atoms with Crippen LogP contribution in [0.1, 0.15) is 28.4 Å². The van der Waals surface area contributed by atoms with Gasteiger partial charge in [-0.3, -0.25) is 4.79 Å². The largest absolute Gasteiger partial charge is 0.472 e. The van der Waals surface area contributed by atoms with Crippen LogP contribution in [0.5, 0.6) is 5.88 Å². The van der Waals surface area contributed by atoms with Gasteiger partial charge in [0, 0.05) is 22.8 Å². The SMILES string of the molecule is CC#Cc1cccc(C(N)=O)c1COc1ccn(O)n1. The number of nitrogens with zero attached hydrogens (tertiary/aromatic N) is 2. The Balaban J connectivity index is 2.31. The number of nitrogens with two attached hydrogens (primary N) is 1. The predicted molar refractivity (Wildman–Crippen MR) is 71.3 cm³/mol. The zero-order valence-electron chi connectivity index (χ0n) is 10.8. The van der Waals surface area contributed by atoms with E-state index in [0.717, 1.165) is 0 Å². The van der Waals surface area contributed by atoms with Crippen molar-refractivity contribution in [3.63, 3.8) is 0 Å². The second-order valence-electron chi connectivity index (χ2n) is 3.93. The van der Waals surface area contributed by atoms with Crippen LogP contribution < -0.4 is 10.5 Å². The Morgan fingerprint density at radius 1 is 1.50 bits per heavy atom. The molecule has 0 spiro atoms. The van der Waals surface area contributed by atoms with Crippen molar-refractivity contribution in [1.29, 1.82) is 0 Å². The van der Waals surface area contributed by atoms with E-state index in [9.17, 15) is 4.79 Å². The highest BCUT2D eigenvalue weighted by molar-refractivity contribution is 5.94. The minimum atomic E-state index is -0.545. The lowest BCUT2D eigenvalue weighted by Gasteiger charge is -2.09. The fourth-order valence-corrected chi connectivity index (χ4v) is 1.75. The van der Waals surface area contributed by atoms with Gasteiger partial charge in [-0.25, -0.2) is 0 Å². The van der Waals surface area contributed by atoms with Gasteiger partial charge in [0.1, 0.15) is 6.61 Å². The molecule has 2 aromatic rings. The van der Waals surface area contributed by atoms with Crippen molar-refractivity contribution < 1.29 is 14.7 Å². The molecule has 0 aliphatic carbocycles. The molecule has 102 valence electrons. The maximum atomic E-state index is 11.5. The number of carbonyl (C=O) groups is 1. The normalized spacial score (nSPS) is 9.65. The molecule has 0 radical (unpaired) electrons. The average molecular weight is 271 g/mol. The molecule has 0 fully saturated rings. The van der Waals surface area contributed by atoms with E-state index in [1.54, 1.807) is 25.1 Å². The first-order chi connectivity index (χ1) is 9.61. The second kappa shape index (κ2) is 5.80. The van der Waals surface area contributed by atoms with Crippen molar-refractivity contribution in [2.45, 2.75) is 13.5 Å². The van der Waals surface area contributed by atoms with Crippen LogP contribution in [0.15, 0.2) is 30.5 Å². The van der Waals surface area contributed by atoms with Gasteiger partial charge >= 0.3 is 0 Å². The monoisotopic (exact) mass is 271 g/mol. The number of amides is 1. The van der Waals surface area contributed by atoms with E-state index < -0.39 is 5.91 Å². The van der Waals surface area contributed by atoms with Gasteiger partial charge < -0.3 is 15.7 Å². The van der Waals surface area contributed by atoms with Crippen LogP contribution in [-0.4, -0.2) is 21.1 Å². The molecule has 1 aromatic heterocycles. The summed E-state index contributed by atoms with van der Waals surface area (Å²) in [6.45, 7) is 1.79. The highest BCUT2D eigenvalue weighted by atomic mass is 16.5. The van der Waals surface area contributed by atoms with Crippen molar-refractivity contribution in [2.75, 3.05) is 0 Å². The van der Waals surface area contributed by atoms with Gasteiger partial charge in [-0.15, -0.1) is 10.8 Å². The quantitative estimate of drug-likeness (QED) is 0.645. The molecule has 1 amide bonds. The van der Waals surface area contributed by atoms with Crippen LogP contribution >= 0.6 is 0 Å². The Labute approximate surface area is 115 Å². The fraction of sp³-hybridized carbons (Fsp3) is 0.143. The molecule has 0 saturated heterocycles. The topological polar surface area (TPSA) is 90.4 Å². The summed E-state index contributed by atoms with van der Waals surface area (Å²) >= 11 is 0. The summed E-state index contributed by atoms with van der Waals surface area (Å²) in [6.07, 6.45) is 1.34. The molecule has 0 saturated carbocycles. The second-order valence-corrected chi connectivity index (χ2v) is 3.93. The molecule has 6 heteroatoms. The van der Waals surface area contributed by atoms with Crippen molar-refractivity contribution in [2.24, 2.45) is 5.73 Å². The molecule has 1 aromatic carbocycles. The van der Waals surface area contributed by atoms with Crippen LogP contribution in [0.4, 0.5) is 0 Å². The van der Waals surface area contributed by atoms with Crippen molar-refractivity contribution >= 4 is 5.91 Å². The molecule has 20 heavy (non-hydrogen) atoms. The van der Waals surface area contributed by atoms with E-state index in [0.29, 0.717) is 21.5 Å². The summed E-state index contributed by atoms with van der Waals surface area (Å²) in [7, 11) is 0. The van der Waals surface area contributed by atoms with E-state index >= 15 is 0 Å². The van der Waals surface area contributed by atoms with Gasteiger partial charge in [0.05, 0.1) is 6.20 Å². The van der Waals surface area contributed by atoms with E-state index in [2.05, 4.69) is 16.9 Å². The van der Waals surface area contributed by atoms with Gasteiger partial charge in [0.2, 0.25) is 11.8 Å². The molecule has 0 unspecified atom stereocenters. The summed E-state index contributed by atoms with van der Waals surface area (Å²) in [4.78, 5) is 12.1. The van der Waals surface area contributed by atoms with Gasteiger partial charge in [-0.05, 0) is 19.1 Å². The Hall–Kier alpha value is -2.94. The third-order valence-electron chi connectivity index (χ3n) is 2.62. The third-order valence-corrected chi connectivity index (χ3v) is 2.62. The Bertz CT molecular complexity index is 695. The van der Waals surface area contributed by atoms with E-state index in [4.69, 9.17) is 15.7 Å². The number of carbonyl (C=O) groups excluding carboxylic acids is 1. The Morgan fingerprint density at radius 3 is 2.90 bits per heavy atom. The standard InChI is InChI=1S/C14H13N3O3/c1-2-4-10-5-3-6-11(14(15)18)12(10)9-20-13-7-8-17(19)16-13/h3,5-8,19H,9H2,1H3,(H2,15,18). The smallest absolute Gasteiger partial charge is 0.249 e. The van der Waals surface area contributed by atoms with Gasteiger partial charge in [-0.1, -0.05) is 17.1 Å². The molecule has 0 aliphatic heterocycles. The third kappa shape index (κ3) is 2.90. The van der Waals surface area contributed by atoms with Crippen molar-refractivity contribution in [3.8, 4) is 17.7 Å². The number of rotatable bonds is 4. The lowest BCUT2D eigenvalue weighted by Crippen LogP contribution is -2.16. The number of aromatic nitrogens is 2. The lowest BCUT2D eigenvalue weighted by atomic mass is 10.0. The maximum absolute atomic E-state index is 11.5. The maximum Gasteiger partial charge on any atom is 0.249 e. The van der Waals surface area contributed by atoms with Crippen LogP contribution in [0.25, 0.3) is 0 Å². The molecule has 0 atom stereocenters. The van der Waals surface area contributed by atoms with Gasteiger partial charge in [0.25, 0.3) is 0 Å². The Kier molecular flexibility index (Phi) is 3.91. The summed E-state index contributed by atoms with van der Waals surface area (Å²) < 4.78 is 5.42. The van der Waals surface area contributed by atoms with E-state index in [1.165, 1.54) is 12.3 Å². The minimum absolute atomic E-state index is 0.0835. The van der Waals surface area contributed by atoms with Crippen molar-refractivity contribution in [3.05, 3.63) is 47.2 Å². The Morgan fingerprint density at radius 2 is 2.30 bits per heavy atom. The molecule has 3 N–H and O–H groups in total. The lowest BCUT2D eigenvalue weighted by molar-refractivity contribution is 0.0997. The number of hydrogen-bond acceptors (Lipinski definition) is 4. The molecule has 0 bridgehead atoms. The number of hydrogen-bond donors (Lipinski definition) is 2. The highest BCUT2D eigenvalue weighted by Crippen LogP contribution is 2.17. The molecule has 6 nitrogen and oxygen atoms in total. The first-order valence-corrected chi connectivity index (χ1v) is 5.84. The fourth-order valence-electron chi connectivity index (χ4n) is 1.75. The molecule has 0 aliphatic rings. The minimum Gasteiger partial charge on any atom is -0.472 e. The molecular weight excluding hydrogens is 258 g/mol. The van der Waals surface area contributed by atoms with Crippen molar-refractivity contribution in [1.82, 2.24) is 9.94 Å². The number of benzene rings is 1. The summed E-state index contributed by atoms with van der Waals surface area (Å²) in [5.74, 6) is 5.37. The molecular formula is C14H13N3O3. The van der Waals surface area contributed by atoms with Crippen LogP contribution in [0.3, 0.4) is 0 Å². The van der Waals surface area contributed by atoms with Crippen LogP contribution in [0, 0.1) is 11.8 Å². The number of primary amides is 1. The van der Waals surface area contributed by atoms with Gasteiger partial charge in [-0.2, -0.15) is 0 Å². The summed E-state index contributed by atoms with van der Waals surface area (Å²) in [5.41, 5.74) is 6.98. The first kappa shape index (κ1) is 13.5. The van der Waals surface area contributed by atoms with Gasteiger partial charge in [0.15, 0.2) is 0 Å². The predicted octanol–water partition coefficient (Wildman–Crippen LogP) is 1.17. The highest BCUT2D eigenvalue weighted by Gasteiger charge is 2.13.